The summed E-state index contributed by atoms with van der Waals surface area (Å²) < 4.78 is 5.97. The molecule has 2 aliphatic rings. The molecule has 2 atom stereocenters. The Kier molecular flexibility index (Phi) is 4.79. The molecule has 2 fully saturated rings. The fraction of sp³-hybridized carbons (Fsp3) is 1.00. The number of rotatable bonds is 4. The Morgan fingerprint density at radius 3 is 2.71 bits per heavy atom. The Morgan fingerprint density at radius 2 is 2.12 bits per heavy atom. The van der Waals surface area contributed by atoms with Gasteiger partial charge in [-0.1, -0.05) is 6.92 Å². The van der Waals surface area contributed by atoms with E-state index in [2.05, 4.69) is 25.0 Å². The van der Waals surface area contributed by atoms with Gasteiger partial charge in [-0.05, 0) is 57.4 Å². The number of hydrogen-bond donors (Lipinski definition) is 0. The monoisotopic (exact) mass is 257 g/mol. The zero-order valence-corrected chi connectivity index (χ0v) is 12.4. The van der Waals surface area contributed by atoms with Crippen LogP contribution in [0.5, 0.6) is 0 Å². The molecule has 0 aromatic heterocycles. The summed E-state index contributed by atoms with van der Waals surface area (Å²) in [6.45, 7) is 8.24. The molecule has 2 unspecified atom stereocenters. The first-order chi connectivity index (χ1) is 8.19. The molecule has 2 rings (SSSR count). The third-order valence-electron chi connectivity index (χ3n) is 4.71. The summed E-state index contributed by atoms with van der Waals surface area (Å²) >= 11 is 1.92. The van der Waals surface area contributed by atoms with E-state index in [-0.39, 0.29) is 0 Å². The maximum absolute atomic E-state index is 5.97. The van der Waals surface area contributed by atoms with Crippen molar-refractivity contribution < 1.29 is 4.74 Å². The van der Waals surface area contributed by atoms with Crippen LogP contribution in [0.25, 0.3) is 0 Å². The molecule has 3 heteroatoms. The van der Waals surface area contributed by atoms with Crippen LogP contribution in [0.2, 0.25) is 0 Å². The van der Waals surface area contributed by atoms with Crippen LogP contribution >= 0.6 is 11.8 Å². The van der Waals surface area contributed by atoms with Crippen molar-refractivity contribution >= 4 is 11.8 Å². The van der Waals surface area contributed by atoms with Crippen LogP contribution in [-0.4, -0.2) is 48.8 Å². The zero-order valence-electron chi connectivity index (χ0n) is 11.6. The fourth-order valence-corrected chi connectivity index (χ4v) is 3.82. The molecule has 17 heavy (non-hydrogen) atoms. The van der Waals surface area contributed by atoms with E-state index in [1.54, 1.807) is 0 Å². The molecule has 2 nitrogen and oxygen atoms in total. The minimum absolute atomic E-state index is 0.528. The van der Waals surface area contributed by atoms with Gasteiger partial charge in [0.2, 0.25) is 0 Å². The number of nitrogens with zero attached hydrogens (tertiary/aromatic N) is 1. The average molecular weight is 257 g/mol. The minimum atomic E-state index is 0.528. The molecule has 0 N–H and O–H groups in total. The van der Waals surface area contributed by atoms with Crippen molar-refractivity contribution in [3.05, 3.63) is 0 Å². The Morgan fingerprint density at radius 1 is 1.41 bits per heavy atom. The van der Waals surface area contributed by atoms with Crippen LogP contribution in [0.1, 0.15) is 39.5 Å². The lowest BCUT2D eigenvalue weighted by molar-refractivity contribution is 0.0555. The van der Waals surface area contributed by atoms with Gasteiger partial charge >= 0.3 is 0 Å². The first kappa shape index (κ1) is 13.7. The van der Waals surface area contributed by atoms with E-state index in [0.717, 1.165) is 12.6 Å². The minimum Gasteiger partial charge on any atom is -0.377 e. The second-order valence-corrected chi connectivity index (χ2v) is 6.80. The van der Waals surface area contributed by atoms with Crippen LogP contribution in [0, 0.1) is 5.41 Å². The molecule has 100 valence electrons. The smallest absolute Gasteiger partial charge is 0.0671 e. The van der Waals surface area contributed by atoms with E-state index in [1.807, 2.05) is 11.8 Å². The van der Waals surface area contributed by atoms with E-state index in [9.17, 15) is 0 Å². The zero-order chi connectivity index (χ0) is 12.3. The molecule has 2 heterocycles. The van der Waals surface area contributed by atoms with Gasteiger partial charge < -0.3 is 9.64 Å². The number of ether oxygens (including phenoxy) is 1. The summed E-state index contributed by atoms with van der Waals surface area (Å²) in [5, 5.41) is 0. The van der Waals surface area contributed by atoms with Crippen LogP contribution in [-0.2, 0) is 4.74 Å². The standard InChI is InChI=1S/C14H27NOS/c1-4-12(2)15-7-5-14(6-8-15)9-13(10-17-3)16-11-14/h12-13H,4-11H2,1-3H3. The molecule has 0 aromatic rings. The van der Waals surface area contributed by atoms with E-state index < -0.39 is 0 Å². The summed E-state index contributed by atoms with van der Waals surface area (Å²) in [4.78, 5) is 2.66. The lowest BCUT2D eigenvalue weighted by atomic mass is 9.76. The normalized spacial score (nSPS) is 30.9. The van der Waals surface area contributed by atoms with Gasteiger partial charge in [0.15, 0.2) is 0 Å². The van der Waals surface area contributed by atoms with Gasteiger partial charge in [-0.3, -0.25) is 0 Å². The summed E-state index contributed by atoms with van der Waals surface area (Å²) in [5.74, 6) is 1.18. The third kappa shape index (κ3) is 3.18. The Bertz CT molecular complexity index is 238. The largest absolute Gasteiger partial charge is 0.377 e. The van der Waals surface area contributed by atoms with Gasteiger partial charge in [-0.25, -0.2) is 0 Å². The maximum Gasteiger partial charge on any atom is 0.0671 e. The van der Waals surface area contributed by atoms with Crippen molar-refractivity contribution in [3.63, 3.8) is 0 Å². The molecule has 0 amide bonds. The molecule has 1 spiro atoms. The first-order valence-electron chi connectivity index (χ1n) is 7.04. The van der Waals surface area contributed by atoms with Crippen LogP contribution < -0.4 is 0 Å². The molecule has 2 saturated heterocycles. The number of hydrogen-bond acceptors (Lipinski definition) is 3. The SMILES string of the molecule is CCC(C)N1CCC2(CC1)COC(CSC)C2. The van der Waals surface area contributed by atoms with Crippen LogP contribution in [0.3, 0.4) is 0 Å². The van der Waals surface area contributed by atoms with Crippen molar-refractivity contribution in [2.45, 2.75) is 51.7 Å². The highest BCUT2D eigenvalue weighted by molar-refractivity contribution is 7.98. The second-order valence-electron chi connectivity index (χ2n) is 5.89. The van der Waals surface area contributed by atoms with E-state index >= 15 is 0 Å². The van der Waals surface area contributed by atoms with E-state index in [1.165, 1.54) is 44.5 Å². The molecule has 2 aliphatic heterocycles. The average Bonchev–Trinajstić information content (AvgIpc) is 2.73. The molecular formula is C14H27NOS. The van der Waals surface area contributed by atoms with Crippen molar-refractivity contribution in [2.24, 2.45) is 5.41 Å². The summed E-state index contributed by atoms with van der Waals surface area (Å²) in [6, 6.07) is 0.761. The molecule has 0 aliphatic carbocycles. The molecule has 0 saturated carbocycles. The van der Waals surface area contributed by atoms with Crippen LogP contribution in [0.15, 0.2) is 0 Å². The highest BCUT2D eigenvalue weighted by atomic mass is 32.2. The maximum atomic E-state index is 5.97. The summed E-state index contributed by atoms with van der Waals surface area (Å²) in [5.41, 5.74) is 0.532. The lowest BCUT2D eigenvalue weighted by Gasteiger charge is -2.41. The van der Waals surface area contributed by atoms with Crippen molar-refractivity contribution in [2.75, 3.05) is 31.7 Å². The Balaban J connectivity index is 1.82. The predicted octanol–water partition coefficient (Wildman–Crippen LogP) is 3.02. The predicted molar refractivity (Wildman–Crippen MR) is 75.7 cm³/mol. The quantitative estimate of drug-likeness (QED) is 0.768. The van der Waals surface area contributed by atoms with Crippen molar-refractivity contribution in [1.29, 1.82) is 0 Å². The fourth-order valence-electron chi connectivity index (χ4n) is 3.23. The highest BCUT2D eigenvalue weighted by Crippen LogP contribution is 2.42. The van der Waals surface area contributed by atoms with Gasteiger partial charge in [0.25, 0.3) is 0 Å². The van der Waals surface area contributed by atoms with Gasteiger partial charge in [0.05, 0.1) is 12.7 Å². The summed E-state index contributed by atoms with van der Waals surface area (Å²) in [7, 11) is 0. The number of thioether (sulfide) groups is 1. The topological polar surface area (TPSA) is 12.5 Å². The molecule has 0 radical (unpaired) electrons. The second kappa shape index (κ2) is 5.94. The molecule has 0 bridgehead atoms. The van der Waals surface area contributed by atoms with Gasteiger partial charge in [-0.2, -0.15) is 11.8 Å². The van der Waals surface area contributed by atoms with Crippen LogP contribution in [0.4, 0.5) is 0 Å². The Labute approximate surface area is 110 Å². The number of piperidine rings is 1. The van der Waals surface area contributed by atoms with Crippen molar-refractivity contribution in [3.8, 4) is 0 Å². The number of likely N-dealkylation sites (tertiary alicyclic amines) is 1. The molecule has 0 aromatic carbocycles. The van der Waals surface area contributed by atoms with Gasteiger partial charge in [0, 0.05) is 11.8 Å². The first-order valence-corrected chi connectivity index (χ1v) is 8.43. The van der Waals surface area contributed by atoms with E-state index in [4.69, 9.17) is 4.74 Å². The van der Waals surface area contributed by atoms with Gasteiger partial charge in [-0.15, -0.1) is 0 Å². The Hall–Kier alpha value is 0.270. The van der Waals surface area contributed by atoms with Gasteiger partial charge in [0.1, 0.15) is 0 Å². The molecular weight excluding hydrogens is 230 g/mol. The third-order valence-corrected chi connectivity index (χ3v) is 5.42. The van der Waals surface area contributed by atoms with E-state index in [0.29, 0.717) is 11.5 Å². The lowest BCUT2D eigenvalue weighted by Crippen LogP contribution is -2.44. The highest BCUT2D eigenvalue weighted by Gasteiger charge is 2.42. The summed E-state index contributed by atoms with van der Waals surface area (Å²) in [6.07, 6.45) is 7.99. The van der Waals surface area contributed by atoms with Crippen molar-refractivity contribution in [1.82, 2.24) is 4.90 Å².